The molecule has 18 heavy (non-hydrogen) atoms. The van der Waals surface area contributed by atoms with Crippen molar-refractivity contribution in [2.45, 2.75) is 9.79 Å². The number of amides is 2. The van der Waals surface area contributed by atoms with Crippen LogP contribution in [0.2, 0.25) is 0 Å². The molecule has 1 atom stereocenters. The van der Waals surface area contributed by atoms with Crippen LogP contribution in [-0.2, 0) is 10.8 Å². The number of methoxy groups -OCH3 is 1. The molecule has 1 rings (SSSR count). The number of thioether (sulfide) groups is 1. The van der Waals surface area contributed by atoms with Crippen molar-refractivity contribution in [1.29, 1.82) is 0 Å². The molecule has 0 fully saturated rings. The minimum Gasteiger partial charge on any atom is -0.497 e. The maximum atomic E-state index is 11.7. The summed E-state index contributed by atoms with van der Waals surface area (Å²) in [4.78, 5) is 11.8. The van der Waals surface area contributed by atoms with E-state index in [9.17, 15) is 9.00 Å². The molecule has 0 spiro atoms. The molecule has 1 aromatic carbocycles. The molecule has 0 bridgehead atoms. The van der Waals surface area contributed by atoms with Crippen LogP contribution in [0, 0.1) is 0 Å². The highest BCUT2D eigenvalue weighted by Gasteiger charge is 2.14. The first-order chi connectivity index (χ1) is 8.49. The number of hydrogen-bond donors (Lipinski definition) is 1. The van der Waals surface area contributed by atoms with E-state index in [-0.39, 0.29) is 0 Å². The quantitative estimate of drug-likeness (QED) is 0.679. The minimum atomic E-state index is -1.28. The third-order valence-electron chi connectivity index (χ3n) is 2.03. The molecule has 0 aliphatic heterocycles. The molecule has 0 unspecified atom stereocenters. The van der Waals surface area contributed by atoms with Gasteiger partial charge in [-0.05, 0) is 18.4 Å². The van der Waals surface area contributed by atoms with Gasteiger partial charge in [0.25, 0.3) is 0 Å². The minimum absolute atomic E-state index is 0.378. The Balaban J connectivity index is 3.44. The third kappa shape index (κ3) is 3.54. The van der Waals surface area contributed by atoms with E-state index < -0.39 is 16.8 Å². The molecule has 0 aliphatic carbocycles. The van der Waals surface area contributed by atoms with Gasteiger partial charge in [0.15, 0.2) is 0 Å². The van der Waals surface area contributed by atoms with Gasteiger partial charge < -0.3 is 10.5 Å². The monoisotopic (exact) mass is 287 g/mol. The average molecular weight is 287 g/mol. The van der Waals surface area contributed by atoms with Gasteiger partial charge in [-0.2, -0.15) is 0 Å². The second kappa shape index (κ2) is 6.50. The summed E-state index contributed by atoms with van der Waals surface area (Å²) in [5, 5.41) is 7.03. The van der Waals surface area contributed by atoms with Crippen molar-refractivity contribution in [3.63, 3.8) is 0 Å². The van der Waals surface area contributed by atoms with Crippen LogP contribution < -0.4 is 10.5 Å². The van der Waals surface area contributed by atoms with Gasteiger partial charge in [-0.15, -0.1) is 16.9 Å². The first-order valence-corrected chi connectivity index (χ1v) is 7.58. The first-order valence-electron chi connectivity index (χ1n) is 4.80. The lowest BCUT2D eigenvalue weighted by Gasteiger charge is -2.09. The van der Waals surface area contributed by atoms with Gasteiger partial charge >= 0.3 is 6.03 Å². The van der Waals surface area contributed by atoms with Crippen molar-refractivity contribution in [2.24, 2.45) is 16.0 Å². The number of nitrogens with two attached hydrogens (primary N) is 1. The topological polar surface area (TPSA) is 94.1 Å². The van der Waals surface area contributed by atoms with Crippen molar-refractivity contribution in [1.82, 2.24) is 0 Å². The fraction of sp³-hybridized carbons (Fsp3) is 0.300. The summed E-state index contributed by atoms with van der Waals surface area (Å²) in [5.74, 6) is 0.572. The number of nitrogens with zero attached hydrogens (tertiary/aromatic N) is 2. The predicted octanol–water partition coefficient (Wildman–Crippen LogP) is 2.32. The van der Waals surface area contributed by atoms with Gasteiger partial charge in [-0.25, -0.2) is 4.79 Å². The summed E-state index contributed by atoms with van der Waals surface area (Å²) >= 11 is 1.39. The smallest absolute Gasteiger partial charge is 0.356 e. The fourth-order valence-corrected chi connectivity index (χ4v) is 2.60. The Hall–Kier alpha value is -1.41. The van der Waals surface area contributed by atoms with Gasteiger partial charge in [-0.1, -0.05) is 5.11 Å². The zero-order chi connectivity index (χ0) is 13.7. The van der Waals surface area contributed by atoms with E-state index in [4.69, 9.17) is 10.5 Å². The van der Waals surface area contributed by atoms with E-state index in [1.807, 2.05) is 6.26 Å². The molecule has 2 amide bonds. The van der Waals surface area contributed by atoms with E-state index in [0.29, 0.717) is 21.2 Å². The van der Waals surface area contributed by atoms with Crippen molar-refractivity contribution in [2.75, 3.05) is 19.6 Å². The molecule has 0 saturated heterocycles. The van der Waals surface area contributed by atoms with Crippen LogP contribution in [0.1, 0.15) is 0 Å². The molecule has 2 N–H and O–H groups in total. The van der Waals surface area contributed by atoms with Crippen LogP contribution in [0.4, 0.5) is 10.5 Å². The summed E-state index contributed by atoms with van der Waals surface area (Å²) < 4.78 is 16.8. The van der Waals surface area contributed by atoms with Crippen molar-refractivity contribution in [3.8, 4) is 5.75 Å². The number of azo groups is 1. The molecule has 0 radical (unpaired) electrons. The SMILES string of the molecule is COc1cc(SC)c(N=NC(N)=O)c([S@](C)=O)c1. The van der Waals surface area contributed by atoms with Crippen molar-refractivity contribution < 1.29 is 13.7 Å². The summed E-state index contributed by atoms with van der Waals surface area (Å²) in [6, 6.07) is 2.44. The number of benzene rings is 1. The molecule has 0 aromatic heterocycles. The summed E-state index contributed by atoms with van der Waals surface area (Å²) in [7, 11) is 0.242. The number of carbonyl (C=O) groups excluding carboxylic acids is 1. The number of urea groups is 1. The van der Waals surface area contributed by atoms with Crippen molar-refractivity contribution in [3.05, 3.63) is 12.1 Å². The van der Waals surface area contributed by atoms with Crippen LogP contribution >= 0.6 is 11.8 Å². The van der Waals surface area contributed by atoms with Gasteiger partial charge in [0.05, 0.1) is 22.8 Å². The largest absolute Gasteiger partial charge is 0.497 e. The highest BCUT2D eigenvalue weighted by molar-refractivity contribution is 7.98. The standard InChI is InChI=1S/C10H13N3O3S2/c1-16-6-4-7(17-2)9(12-13-10(11)14)8(5-6)18(3)15/h4-5H,1-3H3,(H2,11,14)/t18-/m0/s1. The molecular formula is C10H13N3O3S2. The second-order valence-electron chi connectivity index (χ2n) is 3.17. The van der Waals surface area contributed by atoms with Crippen LogP contribution in [0.5, 0.6) is 5.75 Å². The van der Waals surface area contributed by atoms with E-state index in [1.54, 1.807) is 12.1 Å². The van der Waals surface area contributed by atoms with Gasteiger partial charge in [0, 0.05) is 11.2 Å². The van der Waals surface area contributed by atoms with Crippen LogP contribution in [0.3, 0.4) is 0 Å². The van der Waals surface area contributed by atoms with Gasteiger partial charge in [-0.3, -0.25) is 4.21 Å². The van der Waals surface area contributed by atoms with E-state index in [1.165, 1.54) is 25.1 Å². The molecular weight excluding hydrogens is 274 g/mol. The van der Waals surface area contributed by atoms with Crippen molar-refractivity contribution >= 4 is 34.3 Å². The van der Waals surface area contributed by atoms with Gasteiger partial charge in [0.2, 0.25) is 0 Å². The molecule has 0 saturated carbocycles. The molecule has 0 heterocycles. The maximum absolute atomic E-state index is 11.7. The van der Waals surface area contributed by atoms with E-state index in [0.717, 1.165) is 0 Å². The normalized spacial score (nSPS) is 12.6. The molecule has 8 heteroatoms. The molecule has 6 nitrogen and oxygen atoms in total. The average Bonchev–Trinajstić information content (AvgIpc) is 2.34. The Kier molecular flexibility index (Phi) is 5.29. The predicted molar refractivity (Wildman–Crippen MR) is 71.2 cm³/mol. The Bertz CT molecular complexity index is 517. The highest BCUT2D eigenvalue weighted by Crippen LogP contribution is 2.37. The first kappa shape index (κ1) is 14.7. The Morgan fingerprint density at radius 3 is 2.61 bits per heavy atom. The number of carbonyl (C=O) groups is 1. The third-order valence-corrected chi connectivity index (χ3v) is 3.71. The van der Waals surface area contributed by atoms with E-state index >= 15 is 0 Å². The summed E-state index contributed by atoms with van der Waals surface area (Å²) in [6.45, 7) is 0. The number of rotatable bonds is 4. The Morgan fingerprint density at radius 1 is 1.50 bits per heavy atom. The second-order valence-corrected chi connectivity index (χ2v) is 5.36. The number of hydrogen-bond acceptors (Lipinski definition) is 5. The zero-order valence-electron chi connectivity index (χ0n) is 10.2. The van der Waals surface area contributed by atoms with Crippen LogP contribution in [0.25, 0.3) is 0 Å². The zero-order valence-corrected chi connectivity index (χ0v) is 11.8. The van der Waals surface area contributed by atoms with Crippen LogP contribution in [0.15, 0.2) is 32.2 Å². The molecule has 0 aliphatic rings. The van der Waals surface area contributed by atoms with Crippen LogP contribution in [-0.4, -0.2) is 29.9 Å². The van der Waals surface area contributed by atoms with E-state index in [2.05, 4.69) is 10.2 Å². The number of ether oxygens (including phenoxy) is 1. The lowest BCUT2D eigenvalue weighted by atomic mass is 10.3. The summed E-state index contributed by atoms with van der Waals surface area (Å²) in [6.07, 6.45) is 3.35. The Labute approximate surface area is 111 Å². The maximum Gasteiger partial charge on any atom is 0.356 e. The fourth-order valence-electron chi connectivity index (χ4n) is 1.25. The number of primary amides is 1. The highest BCUT2D eigenvalue weighted by atomic mass is 32.2. The molecule has 1 aromatic rings. The lowest BCUT2D eigenvalue weighted by molar-refractivity contribution is 0.255. The van der Waals surface area contributed by atoms with Gasteiger partial charge in [0.1, 0.15) is 11.4 Å². The Morgan fingerprint density at radius 2 is 2.17 bits per heavy atom. The summed E-state index contributed by atoms with van der Waals surface area (Å²) in [5.41, 5.74) is 5.29. The lowest BCUT2D eigenvalue weighted by Crippen LogP contribution is -2.02. The molecule has 98 valence electrons.